The third-order valence-electron chi connectivity index (χ3n) is 3.26. The molecule has 0 bridgehead atoms. The zero-order valence-corrected chi connectivity index (χ0v) is 11.6. The fourth-order valence-electron chi connectivity index (χ4n) is 2.23. The van der Waals surface area contributed by atoms with Gasteiger partial charge in [0.2, 0.25) is 0 Å². The monoisotopic (exact) mass is 299 g/mol. The first kappa shape index (κ1) is 13.9. The number of aromatic amines is 1. The second kappa shape index (κ2) is 5.72. The SMILES string of the molecule is NC(=O)Nc1cc(NCc2ccnc3[nH]ccc23)ccc1F. The van der Waals surface area contributed by atoms with E-state index in [1.54, 1.807) is 12.3 Å². The number of hydrogen-bond donors (Lipinski definition) is 4. The Balaban J connectivity index is 1.79. The number of H-pyrrole nitrogens is 1. The van der Waals surface area contributed by atoms with Gasteiger partial charge in [0.05, 0.1) is 5.69 Å². The maximum Gasteiger partial charge on any atom is 0.316 e. The van der Waals surface area contributed by atoms with Gasteiger partial charge in [0.15, 0.2) is 0 Å². The van der Waals surface area contributed by atoms with Crippen LogP contribution in [0.2, 0.25) is 0 Å². The fourth-order valence-corrected chi connectivity index (χ4v) is 2.23. The highest BCUT2D eigenvalue weighted by Gasteiger charge is 2.07. The molecular formula is C15H14FN5O. The van der Waals surface area contributed by atoms with E-state index in [2.05, 4.69) is 20.6 Å². The van der Waals surface area contributed by atoms with E-state index in [4.69, 9.17) is 5.73 Å². The van der Waals surface area contributed by atoms with Gasteiger partial charge in [-0.15, -0.1) is 0 Å². The van der Waals surface area contributed by atoms with Crippen LogP contribution in [0.25, 0.3) is 11.0 Å². The summed E-state index contributed by atoms with van der Waals surface area (Å²) < 4.78 is 13.5. The smallest absolute Gasteiger partial charge is 0.316 e. The highest BCUT2D eigenvalue weighted by Crippen LogP contribution is 2.21. The molecule has 0 unspecified atom stereocenters. The van der Waals surface area contributed by atoms with Gasteiger partial charge in [0.25, 0.3) is 0 Å². The first-order chi connectivity index (χ1) is 10.6. The minimum absolute atomic E-state index is 0.0408. The van der Waals surface area contributed by atoms with Crippen LogP contribution in [0.1, 0.15) is 5.56 Å². The molecule has 22 heavy (non-hydrogen) atoms. The largest absolute Gasteiger partial charge is 0.381 e. The average Bonchev–Trinajstić information content (AvgIpc) is 2.96. The highest BCUT2D eigenvalue weighted by molar-refractivity contribution is 5.88. The normalized spacial score (nSPS) is 10.6. The van der Waals surface area contributed by atoms with Crippen LogP contribution in [-0.4, -0.2) is 16.0 Å². The van der Waals surface area contributed by atoms with Crippen molar-refractivity contribution in [3.8, 4) is 0 Å². The van der Waals surface area contributed by atoms with Crippen LogP contribution in [0.3, 0.4) is 0 Å². The number of benzene rings is 1. The molecule has 0 aliphatic rings. The third kappa shape index (κ3) is 2.83. The molecule has 5 N–H and O–H groups in total. The molecule has 3 rings (SSSR count). The molecule has 0 radical (unpaired) electrons. The number of pyridine rings is 1. The summed E-state index contributed by atoms with van der Waals surface area (Å²) in [6.45, 7) is 0.540. The molecule has 2 aromatic heterocycles. The lowest BCUT2D eigenvalue weighted by atomic mass is 10.2. The summed E-state index contributed by atoms with van der Waals surface area (Å²) in [6, 6.07) is 7.41. The van der Waals surface area contributed by atoms with Crippen molar-refractivity contribution in [2.24, 2.45) is 5.73 Å². The lowest BCUT2D eigenvalue weighted by molar-refractivity contribution is 0.259. The number of anilines is 2. The fraction of sp³-hybridized carbons (Fsp3) is 0.0667. The second-order valence-corrected chi connectivity index (χ2v) is 4.75. The summed E-state index contributed by atoms with van der Waals surface area (Å²) in [4.78, 5) is 18.1. The molecule has 0 saturated heterocycles. The van der Waals surface area contributed by atoms with Crippen LogP contribution in [0.15, 0.2) is 42.7 Å². The number of halogens is 1. The number of carbonyl (C=O) groups is 1. The number of nitrogens with two attached hydrogens (primary N) is 1. The maximum absolute atomic E-state index is 13.5. The third-order valence-corrected chi connectivity index (χ3v) is 3.26. The van der Waals surface area contributed by atoms with E-state index in [-0.39, 0.29) is 5.69 Å². The van der Waals surface area contributed by atoms with Crippen molar-refractivity contribution in [3.63, 3.8) is 0 Å². The number of aromatic nitrogens is 2. The quantitative estimate of drug-likeness (QED) is 0.596. The molecule has 0 atom stereocenters. The molecule has 0 fully saturated rings. The number of primary amides is 1. The zero-order valence-electron chi connectivity index (χ0n) is 11.6. The van der Waals surface area contributed by atoms with Crippen LogP contribution >= 0.6 is 0 Å². The Bertz CT molecular complexity index is 830. The molecule has 0 aliphatic carbocycles. The highest BCUT2D eigenvalue weighted by atomic mass is 19.1. The van der Waals surface area contributed by atoms with Gasteiger partial charge < -0.3 is 21.4 Å². The Morgan fingerprint density at radius 3 is 3.00 bits per heavy atom. The van der Waals surface area contributed by atoms with E-state index < -0.39 is 11.8 Å². The predicted octanol–water partition coefficient (Wildman–Crippen LogP) is 2.80. The Hall–Kier alpha value is -3.09. The summed E-state index contributed by atoms with van der Waals surface area (Å²) in [5.74, 6) is -0.540. The number of fused-ring (bicyclic) bond motifs is 1. The number of nitrogens with one attached hydrogen (secondary N) is 3. The van der Waals surface area contributed by atoms with E-state index in [1.165, 1.54) is 12.1 Å². The van der Waals surface area contributed by atoms with Crippen LogP contribution < -0.4 is 16.4 Å². The summed E-state index contributed by atoms with van der Waals surface area (Å²) in [7, 11) is 0. The van der Waals surface area contributed by atoms with E-state index in [0.717, 1.165) is 16.6 Å². The zero-order chi connectivity index (χ0) is 15.5. The Kier molecular flexibility index (Phi) is 3.61. The van der Waals surface area contributed by atoms with E-state index >= 15 is 0 Å². The van der Waals surface area contributed by atoms with Crippen molar-refractivity contribution in [3.05, 3.63) is 54.1 Å². The van der Waals surface area contributed by atoms with Gasteiger partial charge in [-0.1, -0.05) is 0 Å². The molecule has 112 valence electrons. The molecule has 1 aromatic carbocycles. The summed E-state index contributed by atoms with van der Waals surface area (Å²) in [5, 5.41) is 6.45. The molecule has 2 amide bonds. The molecule has 3 aromatic rings. The van der Waals surface area contributed by atoms with Gasteiger partial charge in [-0.2, -0.15) is 0 Å². The average molecular weight is 299 g/mol. The van der Waals surface area contributed by atoms with Crippen molar-refractivity contribution in [1.29, 1.82) is 0 Å². The van der Waals surface area contributed by atoms with Gasteiger partial charge in [-0.3, -0.25) is 0 Å². The van der Waals surface area contributed by atoms with Gasteiger partial charge in [-0.05, 0) is 35.9 Å². The number of hydrogen-bond acceptors (Lipinski definition) is 3. The van der Waals surface area contributed by atoms with Crippen molar-refractivity contribution in [2.75, 3.05) is 10.6 Å². The number of amides is 2. The van der Waals surface area contributed by atoms with Gasteiger partial charge in [0, 0.05) is 30.0 Å². The molecular weight excluding hydrogens is 285 g/mol. The number of nitrogens with zero attached hydrogens (tertiary/aromatic N) is 1. The predicted molar refractivity (Wildman–Crippen MR) is 83.0 cm³/mol. The number of rotatable bonds is 4. The lowest BCUT2D eigenvalue weighted by Crippen LogP contribution is -2.20. The summed E-state index contributed by atoms with van der Waals surface area (Å²) in [6.07, 6.45) is 3.55. The Morgan fingerprint density at radius 2 is 2.18 bits per heavy atom. The summed E-state index contributed by atoms with van der Waals surface area (Å²) in [5.41, 5.74) is 7.59. The Labute approximate surface area is 125 Å². The minimum atomic E-state index is -0.806. The van der Waals surface area contributed by atoms with E-state index in [1.807, 2.05) is 18.3 Å². The van der Waals surface area contributed by atoms with Crippen LogP contribution in [0.5, 0.6) is 0 Å². The molecule has 0 saturated carbocycles. The number of carbonyl (C=O) groups excluding carboxylic acids is 1. The van der Waals surface area contributed by atoms with Gasteiger partial charge in [0.1, 0.15) is 11.5 Å². The van der Waals surface area contributed by atoms with Gasteiger partial charge >= 0.3 is 6.03 Å². The van der Waals surface area contributed by atoms with Crippen LogP contribution in [-0.2, 0) is 6.54 Å². The first-order valence-electron chi connectivity index (χ1n) is 6.64. The van der Waals surface area contributed by atoms with E-state index in [0.29, 0.717) is 12.2 Å². The molecule has 7 heteroatoms. The minimum Gasteiger partial charge on any atom is -0.381 e. The maximum atomic E-state index is 13.5. The Morgan fingerprint density at radius 1 is 1.32 bits per heavy atom. The first-order valence-corrected chi connectivity index (χ1v) is 6.64. The number of urea groups is 1. The van der Waals surface area contributed by atoms with Crippen LogP contribution in [0, 0.1) is 5.82 Å². The van der Waals surface area contributed by atoms with Crippen LogP contribution in [0.4, 0.5) is 20.6 Å². The standard InChI is InChI=1S/C15H14FN5O/c16-12-2-1-10(7-13(12)21-15(17)22)20-8-9-3-5-18-14-11(9)4-6-19-14/h1-7,20H,8H2,(H,18,19)(H3,17,21,22). The summed E-state index contributed by atoms with van der Waals surface area (Å²) >= 11 is 0. The van der Waals surface area contributed by atoms with Crippen molar-refractivity contribution in [2.45, 2.75) is 6.54 Å². The van der Waals surface area contributed by atoms with E-state index in [9.17, 15) is 9.18 Å². The second-order valence-electron chi connectivity index (χ2n) is 4.75. The molecule has 0 spiro atoms. The molecule has 6 nitrogen and oxygen atoms in total. The molecule has 0 aliphatic heterocycles. The van der Waals surface area contributed by atoms with Gasteiger partial charge in [-0.25, -0.2) is 14.2 Å². The lowest BCUT2D eigenvalue weighted by Gasteiger charge is -2.10. The molecule has 2 heterocycles. The van der Waals surface area contributed by atoms with Crippen molar-refractivity contribution >= 4 is 28.4 Å². The van der Waals surface area contributed by atoms with Crippen molar-refractivity contribution in [1.82, 2.24) is 9.97 Å². The van der Waals surface area contributed by atoms with Crippen molar-refractivity contribution < 1.29 is 9.18 Å². The topological polar surface area (TPSA) is 95.8 Å².